The molecule has 3 rings (SSSR count). The first-order valence-corrected chi connectivity index (χ1v) is 8.25. The number of urea groups is 1. The van der Waals surface area contributed by atoms with Crippen molar-refractivity contribution in [1.29, 1.82) is 0 Å². The summed E-state index contributed by atoms with van der Waals surface area (Å²) >= 11 is 0. The number of carbonyl (C=O) groups is 1. The number of hydrogen-bond donors (Lipinski definition) is 2. The second-order valence-electron chi connectivity index (χ2n) is 5.86. The largest absolute Gasteiger partial charge is 0.493 e. The van der Waals surface area contributed by atoms with Crippen molar-refractivity contribution < 1.29 is 14.3 Å². The number of methoxy groups -OCH3 is 2. The molecule has 0 atom stereocenters. The maximum atomic E-state index is 12.1. The lowest BCUT2D eigenvalue weighted by atomic mass is 10.2. The number of aromatic nitrogens is 4. The van der Waals surface area contributed by atoms with Crippen molar-refractivity contribution in [1.82, 2.24) is 25.5 Å². The monoisotopic (exact) mass is 346 g/mol. The number of tetrazole rings is 1. The number of nitrogens with one attached hydrogen (secondary N) is 2. The number of amides is 2. The lowest BCUT2D eigenvalue weighted by Gasteiger charge is -2.13. The lowest BCUT2D eigenvalue weighted by Crippen LogP contribution is -2.30. The molecule has 0 bridgehead atoms. The Hall–Kier alpha value is -2.84. The van der Waals surface area contributed by atoms with E-state index in [9.17, 15) is 4.79 Å². The average molecular weight is 346 g/mol. The van der Waals surface area contributed by atoms with Crippen LogP contribution in [0.25, 0.3) is 0 Å². The van der Waals surface area contributed by atoms with E-state index in [0.717, 1.165) is 12.8 Å². The van der Waals surface area contributed by atoms with Crippen LogP contribution in [0.4, 0.5) is 10.5 Å². The fraction of sp³-hybridized carbons (Fsp3) is 0.500. The number of benzene rings is 1. The van der Waals surface area contributed by atoms with E-state index in [1.165, 1.54) is 12.8 Å². The van der Waals surface area contributed by atoms with Crippen LogP contribution in [0.1, 0.15) is 37.5 Å². The second kappa shape index (κ2) is 7.82. The van der Waals surface area contributed by atoms with Gasteiger partial charge in [-0.1, -0.05) is 12.8 Å². The Labute approximate surface area is 145 Å². The van der Waals surface area contributed by atoms with Crippen LogP contribution in [0.2, 0.25) is 0 Å². The summed E-state index contributed by atoms with van der Waals surface area (Å²) in [6, 6.07) is 5.16. The van der Waals surface area contributed by atoms with Gasteiger partial charge >= 0.3 is 6.03 Å². The molecule has 25 heavy (non-hydrogen) atoms. The summed E-state index contributed by atoms with van der Waals surface area (Å²) in [4.78, 5) is 12.1. The number of rotatable bonds is 6. The van der Waals surface area contributed by atoms with E-state index in [1.807, 2.05) is 4.68 Å². The Bertz CT molecular complexity index is 726. The summed E-state index contributed by atoms with van der Waals surface area (Å²) in [7, 11) is 3.11. The molecule has 0 unspecified atom stereocenters. The number of nitrogens with zero attached hydrogens (tertiary/aromatic N) is 4. The van der Waals surface area contributed by atoms with Gasteiger partial charge in [-0.05, 0) is 35.4 Å². The highest BCUT2D eigenvalue weighted by molar-refractivity contribution is 5.89. The average Bonchev–Trinajstić information content (AvgIpc) is 3.30. The molecule has 2 N–H and O–H groups in total. The van der Waals surface area contributed by atoms with Crippen LogP contribution in [-0.4, -0.2) is 40.5 Å². The minimum atomic E-state index is -0.340. The van der Waals surface area contributed by atoms with Gasteiger partial charge in [0.2, 0.25) is 0 Å². The Morgan fingerprint density at radius 2 is 2.00 bits per heavy atom. The molecule has 9 heteroatoms. The van der Waals surface area contributed by atoms with Gasteiger partial charge < -0.3 is 20.1 Å². The SMILES string of the molecule is COc1ccc(NC(=O)NCc2nnnn2C2CCCC2)cc1OC. The van der Waals surface area contributed by atoms with Gasteiger partial charge in [-0.3, -0.25) is 0 Å². The molecule has 0 spiro atoms. The lowest BCUT2D eigenvalue weighted by molar-refractivity contribution is 0.251. The van der Waals surface area contributed by atoms with Gasteiger partial charge in [0.25, 0.3) is 0 Å². The minimum absolute atomic E-state index is 0.266. The van der Waals surface area contributed by atoms with E-state index < -0.39 is 0 Å². The number of hydrogen-bond acceptors (Lipinski definition) is 6. The fourth-order valence-electron chi connectivity index (χ4n) is 3.01. The van der Waals surface area contributed by atoms with Gasteiger partial charge in [-0.15, -0.1) is 5.10 Å². The van der Waals surface area contributed by atoms with Gasteiger partial charge in [0.05, 0.1) is 26.8 Å². The third kappa shape index (κ3) is 3.98. The molecule has 1 aliphatic carbocycles. The van der Waals surface area contributed by atoms with E-state index >= 15 is 0 Å². The van der Waals surface area contributed by atoms with Crippen LogP contribution in [0.5, 0.6) is 11.5 Å². The summed E-state index contributed by atoms with van der Waals surface area (Å²) in [5.41, 5.74) is 0.602. The zero-order chi connectivity index (χ0) is 17.6. The van der Waals surface area contributed by atoms with E-state index in [4.69, 9.17) is 9.47 Å². The Balaban J connectivity index is 1.58. The van der Waals surface area contributed by atoms with Crippen molar-refractivity contribution in [3.63, 3.8) is 0 Å². The molecule has 0 saturated heterocycles. The molecule has 1 saturated carbocycles. The molecule has 2 amide bonds. The molecule has 0 aliphatic heterocycles. The van der Waals surface area contributed by atoms with Crippen molar-refractivity contribution in [3.8, 4) is 11.5 Å². The standard InChI is InChI=1S/C16H22N6O3/c1-24-13-8-7-11(9-14(13)25-2)18-16(23)17-10-15-19-20-21-22(15)12-5-3-4-6-12/h7-9,12H,3-6,10H2,1-2H3,(H2,17,18,23). The highest BCUT2D eigenvalue weighted by atomic mass is 16.5. The van der Waals surface area contributed by atoms with Crippen LogP contribution in [0.3, 0.4) is 0 Å². The molecule has 1 fully saturated rings. The number of anilines is 1. The first-order valence-electron chi connectivity index (χ1n) is 8.25. The first kappa shape index (κ1) is 17.0. The van der Waals surface area contributed by atoms with Crippen molar-refractivity contribution in [3.05, 3.63) is 24.0 Å². The van der Waals surface area contributed by atoms with Gasteiger partial charge in [0.1, 0.15) is 0 Å². The van der Waals surface area contributed by atoms with Crippen molar-refractivity contribution in [2.45, 2.75) is 38.3 Å². The Kier molecular flexibility index (Phi) is 5.32. The maximum absolute atomic E-state index is 12.1. The molecule has 0 radical (unpaired) electrons. The normalized spacial score (nSPS) is 14.3. The van der Waals surface area contributed by atoms with Crippen molar-refractivity contribution in [2.24, 2.45) is 0 Å². The zero-order valence-electron chi connectivity index (χ0n) is 14.4. The molecule has 1 aromatic heterocycles. The van der Waals surface area contributed by atoms with Crippen LogP contribution in [-0.2, 0) is 6.54 Å². The summed E-state index contributed by atoms with van der Waals surface area (Å²) in [6.07, 6.45) is 4.54. The topological polar surface area (TPSA) is 103 Å². The highest BCUT2D eigenvalue weighted by Gasteiger charge is 2.21. The molecule has 1 aromatic carbocycles. The zero-order valence-corrected chi connectivity index (χ0v) is 14.4. The third-order valence-electron chi connectivity index (χ3n) is 4.28. The quantitative estimate of drug-likeness (QED) is 0.830. The van der Waals surface area contributed by atoms with E-state index in [2.05, 4.69) is 26.2 Å². The minimum Gasteiger partial charge on any atom is -0.493 e. The van der Waals surface area contributed by atoms with Crippen LogP contribution in [0.15, 0.2) is 18.2 Å². The van der Waals surface area contributed by atoms with E-state index in [0.29, 0.717) is 29.1 Å². The summed E-state index contributed by atoms with van der Waals surface area (Å²) in [6.45, 7) is 0.266. The van der Waals surface area contributed by atoms with Gasteiger partial charge in [-0.2, -0.15) is 0 Å². The van der Waals surface area contributed by atoms with E-state index in [-0.39, 0.29) is 12.6 Å². The Morgan fingerprint density at radius 3 is 2.72 bits per heavy atom. The molecular formula is C16H22N6O3. The summed E-state index contributed by atoms with van der Waals surface area (Å²) in [5.74, 6) is 1.81. The van der Waals surface area contributed by atoms with Gasteiger partial charge in [0, 0.05) is 11.8 Å². The molecule has 134 valence electrons. The predicted molar refractivity (Wildman–Crippen MR) is 90.7 cm³/mol. The maximum Gasteiger partial charge on any atom is 0.319 e. The molecule has 9 nitrogen and oxygen atoms in total. The molecule has 2 aromatic rings. The van der Waals surface area contributed by atoms with Crippen molar-refractivity contribution >= 4 is 11.7 Å². The predicted octanol–water partition coefficient (Wildman–Crippen LogP) is 2.13. The second-order valence-corrected chi connectivity index (χ2v) is 5.86. The van der Waals surface area contributed by atoms with E-state index in [1.54, 1.807) is 32.4 Å². The van der Waals surface area contributed by atoms with Crippen LogP contribution < -0.4 is 20.1 Å². The molecule has 1 aliphatic rings. The summed E-state index contributed by atoms with van der Waals surface area (Å²) in [5, 5.41) is 17.3. The van der Waals surface area contributed by atoms with Crippen molar-refractivity contribution in [2.75, 3.05) is 19.5 Å². The summed E-state index contributed by atoms with van der Waals surface area (Å²) < 4.78 is 12.2. The van der Waals surface area contributed by atoms with Crippen LogP contribution in [0, 0.1) is 0 Å². The van der Waals surface area contributed by atoms with Gasteiger partial charge in [0.15, 0.2) is 17.3 Å². The fourth-order valence-corrected chi connectivity index (χ4v) is 3.01. The molecule has 1 heterocycles. The number of ether oxygens (including phenoxy) is 2. The van der Waals surface area contributed by atoms with Gasteiger partial charge in [-0.25, -0.2) is 9.48 Å². The highest BCUT2D eigenvalue weighted by Crippen LogP contribution is 2.30. The Morgan fingerprint density at radius 1 is 1.24 bits per heavy atom. The smallest absolute Gasteiger partial charge is 0.319 e. The van der Waals surface area contributed by atoms with Crippen LogP contribution >= 0.6 is 0 Å². The molecular weight excluding hydrogens is 324 g/mol. The number of carbonyl (C=O) groups excluding carboxylic acids is 1. The first-order chi connectivity index (χ1) is 12.2. The third-order valence-corrected chi connectivity index (χ3v) is 4.28.